The van der Waals surface area contributed by atoms with Gasteiger partial charge in [0.05, 0.1) is 26.3 Å². The zero-order valence-corrected chi connectivity index (χ0v) is 11.8. The van der Waals surface area contributed by atoms with E-state index in [1.807, 2.05) is 0 Å². The smallest absolute Gasteiger partial charge is 0.244 e. The third-order valence-electron chi connectivity index (χ3n) is 3.43. The quantitative estimate of drug-likeness (QED) is 0.787. The number of morpholine rings is 2. The first-order chi connectivity index (χ1) is 9.62. The van der Waals surface area contributed by atoms with Crippen molar-refractivity contribution in [1.82, 2.24) is 14.6 Å². The first-order valence-electron chi connectivity index (χ1n) is 6.51. The Morgan fingerprint density at radius 2 is 2.20 bits per heavy atom. The molecule has 0 radical (unpaired) electrons. The van der Waals surface area contributed by atoms with Crippen LogP contribution in [0.15, 0.2) is 29.4 Å². The fourth-order valence-electron chi connectivity index (χ4n) is 2.41. The maximum Gasteiger partial charge on any atom is 0.244 e. The molecule has 2 aliphatic rings. The molecular formula is C12H17N3O4S. The molecule has 3 rings (SSSR count). The van der Waals surface area contributed by atoms with Gasteiger partial charge in [-0.1, -0.05) is 0 Å². The van der Waals surface area contributed by atoms with Crippen LogP contribution in [-0.4, -0.2) is 62.9 Å². The second-order valence-electron chi connectivity index (χ2n) is 4.81. The van der Waals surface area contributed by atoms with E-state index in [1.165, 1.54) is 10.5 Å². The Morgan fingerprint density at radius 1 is 1.35 bits per heavy atom. The van der Waals surface area contributed by atoms with E-state index >= 15 is 0 Å². The lowest BCUT2D eigenvalue weighted by Gasteiger charge is -2.43. The van der Waals surface area contributed by atoms with E-state index in [-0.39, 0.29) is 11.4 Å². The highest BCUT2D eigenvalue weighted by atomic mass is 32.2. The lowest BCUT2D eigenvalue weighted by Crippen LogP contribution is -2.62. The maximum absolute atomic E-state index is 12.6. The summed E-state index contributed by atoms with van der Waals surface area (Å²) in [7, 11) is -3.55. The van der Waals surface area contributed by atoms with Gasteiger partial charge in [-0.25, -0.2) is 8.42 Å². The van der Waals surface area contributed by atoms with Gasteiger partial charge in [0.2, 0.25) is 10.0 Å². The van der Waals surface area contributed by atoms with Crippen molar-refractivity contribution >= 4 is 10.0 Å². The summed E-state index contributed by atoms with van der Waals surface area (Å²) in [5.74, 6) is -0.869. The minimum absolute atomic E-state index is 0.192. The van der Waals surface area contributed by atoms with Crippen molar-refractivity contribution < 1.29 is 17.9 Å². The first-order valence-corrected chi connectivity index (χ1v) is 7.95. The highest BCUT2D eigenvalue weighted by Gasteiger charge is 2.43. The van der Waals surface area contributed by atoms with Gasteiger partial charge >= 0.3 is 0 Å². The standard InChI is InChI=1S/C12H17N3O4S/c16-20(17,11-2-1-3-13-8-11)15-5-7-19-12(10-15)9-14-4-6-18-12/h1-3,8,14H,4-7,9-10H2. The molecule has 8 heteroatoms. The van der Waals surface area contributed by atoms with Crippen molar-refractivity contribution in [2.75, 3.05) is 39.4 Å². The Bertz CT molecular complexity index is 552. The number of nitrogens with one attached hydrogen (secondary N) is 1. The normalized spacial score (nSPS) is 28.6. The van der Waals surface area contributed by atoms with Crippen molar-refractivity contribution in [1.29, 1.82) is 0 Å². The summed E-state index contributed by atoms with van der Waals surface area (Å²) in [5.41, 5.74) is 0. The summed E-state index contributed by atoms with van der Waals surface area (Å²) in [5, 5.41) is 3.17. The van der Waals surface area contributed by atoms with Crippen LogP contribution in [-0.2, 0) is 19.5 Å². The summed E-state index contributed by atoms with van der Waals surface area (Å²) in [6.45, 7) is 2.59. The Balaban J connectivity index is 1.83. The van der Waals surface area contributed by atoms with Crippen molar-refractivity contribution in [3.8, 4) is 0 Å². The zero-order chi connectivity index (χ0) is 14.1. The van der Waals surface area contributed by atoms with Crippen molar-refractivity contribution in [3.05, 3.63) is 24.5 Å². The molecule has 1 atom stereocenters. The van der Waals surface area contributed by atoms with Crippen LogP contribution in [0, 0.1) is 0 Å². The third-order valence-corrected chi connectivity index (χ3v) is 5.26. The van der Waals surface area contributed by atoms with Gasteiger partial charge in [-0.2, -0.15) is 4.31 Å². The average molecular weight is 299 g/mol. The van der Waals surface area contributed by atoms with Gasteiger partial charge in [0.25, 0.3) is 0 Å². The van der Waals surface area contributed by atoms with E-state index in [0.717, 1.165) is 6.54 Å². The van der Waals surface area contributed by atoms with Gasteiger partial charge in [0.1, 0.15) is 4.90 Å². The van der Waals surface area contributed by atoms with Crippen LogP contribution < -0.4 is 5.32 Å². The van der Waals surface area contributed by atoms with E-state index in [1.54, 1.807) is 18.3 Å². The number of aromatic nitrogens is 1. The highest BCUT2D eigenvalue weighted by Crippen LogP contribution is 2.25. The molecule has 20 heavy (non-hydrogen) atoms. The molecule has 0 aromatic carbocycles. The summed E-state index contributed by atoms with van der Waals surface area (Å²) in [4.78, 5) is 4.06. The number of ether oxygens (including phenoxy) is 2. The molecule has 2 aliphatic heterocycles. The van der Waals surface area contributed by atoms with Crippen molar-refractivity contribution in [2.24, 2.45) is 0 Å². The van der Waals surface area contributed by atoms with Crippen LogP contribution >= 0.6 is 0 Å². The molecule has 1 N–H and O–H groups in total. The van der Waals surface area contributed by atoms with Crippen LogP contribution in [0.1, 0.15) is 0 Å². The van der Waals surface area contributed by atoms with Gasteiger partial charge in [-0.15, -0.1) is 0 Å². The van der Waals surface area contributed by atoms with Crippen LogP contribution in [0.5, 0.6) is 0 Å². The van der Waals surface area contributed by atoms with Crippen molar-refractivity contribution in [3.63, 3.8) is 0 Å². The number of sulfonamides is 1. The van der Waals surface area contributed by atoms with Crippen LogP contribution in [0.3, 0.4) is 0 Å². The molecule has 3 heterocycles. The Morgan fingerprint density at radius 3 is 2.90 bits per heavy atom. The summed E-state index contributed by atoms with van der Waals surface area (Å²) in [6.07, 6.45) is 2.91. The van der Waals surface area contributed by atoms with Crippen LogP contribution in [0.25, 0.3) is 0 Å². The molecule has 0 aliphatic carbocycles. The largest absolute Gasteiger partial charge is 0.346 e. The molecule has 0 amide bonds. The molecule has 1 spiro atoms. The summed E-state index contributed by atoms with van der Waals surface area (Å²) < 4.78 is 37.9. The van der Waals surface area contributed by atoms with Gasteiger partial charge in [-0.3, -0.25) is 4.98 Å². The molecule has 0 bridgehead atoms. The average Bonchev–Trinajstić information content (AvgIpc) is 2.49. The third kappa shape index (κ3) is 2.57. The monoisotopic (exact) mass is 299 g/mol. The minimum Gasteiger partial charge on any atom is -0.346 e. The Labute approximate surface area is 117 Å². The van der Waals surface area contributed by atoms with E-state index < -0.39 is 15.8 Å². The minimum atomic E-state index is -3.55. The second-order valence-corrected chi connectivity index (χ2v) is 6.75. The van der Waals surface area contributed by atoms with E-state index in [4.69, 9.17) is 9.47 Å². The van der Waals surface area contributed by atoms with E-state index in [2.05, 4.69) is 10.3 Å². The van der Waals surface area contributed by atoms with Gasteiger partial charge in [0, 0.05) is 25.5 Å². The lowest BCUT2D eigenvalue weighted by atomic mass is 10.2. The number of pyridine rings is 1. The maximum atomic E-state index is 12.6. The fourth-order valence-corrected chi connectivity index (χ4v) is 3.84. The molecule has 110 valence electrons. The highest BCUT2D eigenvalue weighted by molar-refractivity contribution is 7.89. The fraction of sp³-hybridized carbons (Fsp3) is 0.583. The Hall–Kier alpha value is -1.06. The topological polar surface area (TPSA) is 80.8 Å². The number of hydrogen-bond acceptors (Lipinski definition) is 6. The number of rotatable bonds is 2. The molecule has 1 aromatic heterocycles. The Kier molecular flexibility index (Phi) is 3.74. The predicted octanol–water partition coefficient (Wildman–Crippen LogP) is -0.581. The van der Waals surface area contributed by atoms with Gasteiger partial charge < -0.3 is 14.8 Å². The van der Waals surface area contributed by atoms with Crippen molar-refractivity contribution in [2.45, 2.75) is 10.7 Å². The second kappa shape index (κ2) is 5.38. The molecule has 2 saturated heterocycles. The molecule has 2 fully saturated rings. The first kappa shape index (κ1) is 13.9. The van der Waals surface area contributed by atoms with E-state index in [0.29, 0.717) is 26.3 Å². The number of nitrogens with zero attached hydrogens (tertiary/aromatic N) is 2. The van der Waals surface area contributed by atoms with Gasteiger partial charge in [-0.05, 0) is 12.1 Å². The van der Waals surface area contributed by atoms with Crippen LogP contribution in [0.4, 0.5) is 0 Å². The molecule has 0 saturated carbocycles. The molecule has 1 unspecified atom stereocenters. The summed E-state index contributed by atoms with van der Waals surface area (Å²) >= 11 is 0. The van der Waals surface area contributed by atoms with E-state index in [9.17, 15) is 8.42 Å². The van der Waals surface area contributed by atoms with Crippen LogP contribution in [0.2, 0.25) is 0 Å². The number of hydrogen-bond donors (Lipinski definition) is 1. The molecular weight excluding hydrogens is 282 g/mol. The van der Waals surface area contributed by atoms with Gasteiger partial charge in [0.15, 0.2) is 5.79 Å². The summed E-state index contributed by atoms with van der Waals surface area (Å²) in [6, 6.07) is 3.16. The predicted molar refractivity (Wildman–Crippen MR) is 70.5 cm³/mol. The molecule has 1 aromatic rings. The zero-order valence-electron chi connectivity index (χ0n) is 11.0. The molecule has 7 nitrogen and oxygen atoms in total. The lowest BCUT2D eigenvalue weighted by molar-refractivity contribution is -0.265. The SMILES string of the molecule is O=S(=O)(c1cccnc1)N1CCOC2(CNCCO2)C1.